The lowest BCUT2D eigenvalue weighted by Gasteiger charge is -2.07. The van der Waals surface area contributed by atoms with Gasteiger partial charge in [-0.2, -0.15) is 5.10 Å². The standard InChI is InChI=1S/C19H19ClN2O3S/c1-13-3-5-14(6-4-13)17-18(21-22-19(17)20)15-7-9-16(10-8-15)26(24,25)12-2-11-23/h3-10,23H,2,11-12H2,1H3,(H,21,22). The summed E-state index contributed by atoms with van der Waals surface area (Å²) >= 11 is 6.29. The highest BCUT2D eigenvalue weighted by Gasteiger charge is 2.18. The number of aliphatic hydroxyl groups is 1. The lowest BCUT2D eigenvalue weighted by atomic mass is 10.0. The summed E-state index contributed by atoms with van der Waals surface area (Å²) in [7, 11) is -3.40. The van der Waals surface area contributed by atoms with Crippen molar-refractivity contribution in [2.24, 2.45) is 0 Å². The van der Waals surface area contributed by atoms with Crippen molar-refractivity contribution in [1.82, 2.24) is 10.2 Å². The number of aromatic amines is 1. The van der Waals surface area contributed by atoms with Crippen LogP contribution in [0.25, 0.3) is 22.4 Å². The Morgan fingerprint density at radius 2 is 1.65 bits per heavy atom. The Kier molecular flexibility index (Phi) is 5.46. The van der Waals surface area contributed by atoms with E-state index in [1.165, 1.54) is 0 Å². The zero-order chi connectivity index (χ0) is 18.7. The van der Waals surface area contributed by atoms with Gasteiger partial charge in [-0.1, -0.05) is 53.6 Å². The van der Waals surface area contributed by atoms with E-state index in [9.17, 15) is 8.42 Å². The first kappa shape index (κ1) is 18.6. The second kappa shape index (κ2) is 7.61. The summed E-state index contributed by atoms with van der Waals surface area (Å²) in [5.41, 5.74) is 4.29. The third kappa shape index (κ3) is 3.82. The maximum absolute atomic E-state index is 12.2. The number of aromatic nitrogens is 2. The summed E-state index contributed by atoms with van der Waals surface area (Å²) in [4.78, 5) is 0.230. The average Bonchev–Trinajstić information content (AvgIpc) is 3.02. The Bertz CT molecular complexity index is 994. The van der Waals surface area contributed by atoms with E-state index in [1.807, 2.05) is 31.2 Å². The molecule has 3 rings (SSSR count). The van der Waals surface area contributed by atoms with Gasteiger partial charge in [0.15, 0.2) is 9.84 Å². The van der Waals surface area contributed by atoms with Crippen LogP contribution in [0.15, 0.2) is 53.4 Å². The summed E-state index contributed by atoms with van der Waals surface area (Å²) in [6, 6.07) is 14.5. The fraction of sp³-hybridized carbons (Fsp3) is 0.211. The van der Waals surface area contributed by atoms with Crippen LogP contribution in [0, 0.1) is 6.92 Å². The van der Waals surface area contributed by atoms with Crippen LogP contribution in [0.5, 0.6) is 0 Å². The summed E-state index contributed by atoms with van der Waals surface area (Å²) < 4.78 is 24.4. The quantitative estimate of drug-likeness (QED) is 0.669. The minimum atomic E-state index is -3.40. The van der Waals surface area contributed by atoms with Crippen LogP contribution in [-0.2, 0) is 9.84 Å². The normalized spacial score (nSPS) is 11.7. The maximum Gasteiger partial charge on any atom is 0.178 e. The molecule has 1 aromatic heterocycles. The summed E-state index contributed by atoms with van der Waals surface area (Å²) in [5.74, 6) is -0.0777. The predicted molar refractivity (Wildman–Crippen MR) is 103 cm³/mol. The second-order valence-electron chi connectivity index (χ2n) is 6.05. The molecule has 0 aliphatic rings. The molecule has 3 aromatic rings. The van der Waals surface area contributed by atoms with Crippen molar-refractivity contribution in [2.75, 3.05) is 12.4 Å². The highest BCUT2D eigenvalue weighted by molar-refractivity contribution is 7.91. The van der Waals surface area contributed by atoms with E-state index in [-0.39, 0.29) is 23.7 Å². The van der Waals surface area contributed by atoms with Gasteiger partial charge in [0.05, 0.1) is 10.6 Å². The summed E-state index contributed by atoms with van der Waals surface area (Å²) in [6.45, 7) is 1.86. The number of hydrogen-bond acceptors (Lipinski definition) is 4. The van der Waals surface area contributed by atoms with Gasteiger partial charge in [-0.3, -0.25) is 5.10 Å². The van der Waals surface area contributed by atoms with Gasteiger partial charge in [0.1, 0.15) is 10.8 Å². The largest absolute Gasteiger partial charge is 0.396 e. The van der Waals surface area contributed by atoms with Crippen molar-refractivity contribution >= 4 is 21.4 Å². The number of halogens is 1. The van der Waals surface area contributed by atoms with Crippen LogP contribution in [-0.4, -0.2) is 36.1 Å². The Morgan fingerprint density at radius 1 is 1.04 bits per heavy atom. The molecule has 0 radical (unpaired) electrons. The van der Waals surface area contributed by atoms with Crippen molar-refractivity contribution in [1.29, 1.82) is 0 Å². The summed E-state index contributed by atoms with van der Waals surface area (Å²) in [6.07, 6.45) is 0.219. The number of sulfone groups is 1. The first-order valence-corrected chi connectivity index (χ1v) is 10.2. The van der Waals surface area contributed by atoms with Gasteiger partial charge >= 0.3 is 0 Å². The van der Waals surface area contributed by atoms with Gasteiger partial charge in [0.2, 0.25) is 0 Å². The molecule has 26 heavy (non-hydrogen) atoms. The average molecular weight is 391 g/mol. The molecule has 7 heteroatoms. The third-order valence-electron chi connectivity index (χ3n) is 4.12. The number of rotatable bonds is 6. The van der Waals surface area contributed by atoms with Crippen molar-refractivity contribution in [3.05, 3.63) is 59.2 Å². The fourth-order valence-corrected chi connectivity index (χ4v) is 4.24. The molecule has 0 fully saturated rings. The zero-order valence-corrected chi connectivity index (χ0v) is 15.8. The molecule has 0 spiro atoms. The predicted octanol–water partition coefficient (Wildman–Crippen LogP) is 3.86. The van der Waals surface area contributed by atoms with Crippen LogP contribution >= 0.6 is 11.6 Å². The van der Waals surface area contributed by atoms with E-state index in [0.29, 0.717) is 10.8 Å². The Hall–Kier alpha value is -2.15. The second-order valence-corrected chi connectivity index (χ2v) is 8.53. The van der Waals surface area contributed by atoms with Crippen LogP contribution < -0.4 is 0 Å². The van der Waals surface area contributed by atoms with Crippen LogP contribution in [0.2, 0.25) is 5.15 Å². The van der Waals surface area contributed by atoms with E-state index in [1.54, 1.807) is 24.3 Å². The van der Waals surface area contributed by atoms with E-state index in [2.05, 4.69) is 10.2 Å². The smallest absolute Gasteiger partial charge is 0.178 e. The molecule has 0 bridgehead atoms. The van der Waals surface area contributed by atoms with Gasteiger partial charge in [0.25, 0.3) is 0 Å². The van der Waals surface area contributed by atoms with Crippen molar-refractivity contribution in [3.63, 3.8) is 0 Å². The monoisotopic (exact) mass is 390 g/mol. The first-order valence-electron chi connectivity index (χ1n) is 8.17. The molecular formula is C19H19ClN2O3S. The molecular weight excluding hydrogens is 372 g/mol. The fourth-order valence-electron chi connectivity index (χ4n) is 2.71. The van der Waals surface area contributed by atoms with Gasteiger partial charge in [-0.05, 0) is 31.0 Å². The Labute approximate surface area is 157 Å². The number of hydrogen-bond donors (Lipinski definition) is 2. The van der Waals surface area contributed by atoms with Gasteiger partial charge < -0.3 is 5.11 Å². The molecule has 2 aromatic carbocycles. The summed E-state index contributed by atoms with van der Waals surface area (Å²) in [5, 5.41) is 16.4. The van der Waals surface area contributed by atoms with Crippen LogP contribution in [0.4, 0.5) is 0 Å². The molecule has 136 valence electrons. The molecule has 1 heterocycles. The van der Waals surface area contributed by atoms with Crippen molar-refractivity contribution in [2.45, 2.75) is 18.2 Å². The molecule has 0 aliphatic carbocycles. The van der Waals surface area contributed by atoms with E-state index >= 15 is 0 Å². The number of benzene rings is 2. The van der Waals surface area contributed by atoms with Gasteiger partial charge in [0, 0.05) is 17.7 Å². The third-order valence-corrected chi connectivity index (χ3v) is 6.21. The number of nitrogens with zero attached hydrogens (tertiary/aromatic N) is 1. The number of aliphatic hydroxyl groups excluding tert-OH is 1. The SMILES string of the molecule is Cc1ccc(-c2c(-c3ccc(S(=O)(=O)CCCO)cc3)n[nH]c2Cl)cc1. The molecule has 0 unspecified atom stereocenters. The van der Waals surface area contributed by atoms with E-state index in [0.717, 1.165) is 22.3 Å². The van der Waals surface area contributed by atoms with E-state index in [4.69, 9.17) is 16.7 Å². The van der Waals surface area contributed by atoms with E-state index < -0.39 is 9.84 Å². The molecule has 5 nitrogen and oxygen atoms in total. The number of nitrogens with one attached hydrogen (secondary N) is 1. The molecule has 0 atom stereocenters. The number of aryl methyl sites for hydroxylation is 1. The van der Waals surface area contributed by atoms with Crippen LogP contribution in [0.1, 0.15) is 12.0 Å². The molecule has 2 N–H and O–H groups in total. The lowest BCUT2D eigenvalue weighted by Crippen LogP contribution is -2.08. The lowest BCUT2D eigenvalue weighted by molar-refractivity contribution is 0.295. The highest BCUT2D eigenvalue weighted by Crippen LogP contribution is 2.36. The molecule has 0 aliphatic heterocycles. The minimum Gasteiger partial charge on any atom is -0.396 e. The minimum absolute atomic E-state index is 0.0777. The highest BCUT2D eigenvalue weighted by atomic mass is 35.5. The van der Waals surface area contributed by atoms with Crippen LogP contribution in [0.3, 0.4) is 0 Å². The Morgan fingerprint density at radius 3 is 2.27 bits per heavy atom. The number of H-pyrrole nitrogens is 1. The van der Waals surface area contributed by atoms with Crippen molar-refractivity contribution < 1.29 is 13.5 Å². The maximum atomic E-state index is 12.2. The topological polar surface area (TPSA) is 83.1 Å². The zero-order valence-electron chi connectivity index (χ0n) is 14.2. The van der Waals surface area contributed by atoms with Crippen molar-refractivity contribution in [3.8, 4) is 22.4 Å². The van der Waals surface area contributed by atoms with Gasteiger partial charge in [-0.15, -0.1) is 0 Å². The molecule has 0 saturated heterocycles. The molecule has 0 amide bonds. The molecule has 0 saturated carbocycles. The van der Waals surface area contributed by atoms with Gasteiger partial charge in [-0.25, -0.2) is 8.42 Å². The Balaban J connectivity index is 1.97. The first-order chi connectivity index (χ1) is 12.4.